The zero-order valence-electron chi connectivity index (χ0n) is 19.5. The minimum Gasteiger partial charge on any atom is -0.458 e. The summed E-state index contributed by atoms with van der Waals surface area (Å²) in [6, 6.07) is 27.2. The van der Waals surface area contributed by atoms with Crippen LogP contribution in [0.3, 0.4) is 0 Å². The van der Waals surface area contributed by atoms with Crippen molar-refractivity contribution in [2.75, 3.05) is 0 Å². The lowest BCUT2D eigenvalue weighted by Crippen LogP contribution is -2.33. The van der Waals surface area contributed by atoms with Crippen LogP contribution in [0, 0.1) is 6.33 Å². The average molecular weight is 457 g/mol. The number of para-hydroxylation sites is 1. The first kappa shape index (κ1) is 20.0. The van der Waals surface area contributed by atoms with E-state index >= 15 is 0 Å². The third-order valence-electron chi connectivity index (χ3n) is 6.82. The lowest BCUT2D eigenvalue weighted by atomic mass is 10.1. The Morgan fingerprint density at radius 1 is 0.857 bits per heavy atom. The molecule has 0 spiro atoms. The Bertz CT molecular complexity index is 1710. The first-order valence-electron chi connectivity index (χ1n) is 12.0. The number of benzene rings is 3. The van der Waals surface area contributed by atoms with Gasteiger partial charge >= 0.3 is 0 Å². The van der Waals surface area contributed by atoms with Gasteiger partial charge in [-0.1, -0.05) is 36.8 Å². The maximum atomic E-state index is 6.43. The van der Waals surface area contributed by atoms with Gasteiger partial charge in [0, 0.05) is 34.9 Å². The highest BCUT2D eigenvalue weighted by molar-refractivity contribution is 6.09. The SMILES string of the molecule is Cn1[c-][n+]2c(c1)CCCc1ccc(Oc3ccc4c5ccccc5n(-c5ccccn5)c4c3)cc1-2. The Kier molecular flexibility index (Phi) is 4.49. The van der Waals surface area contributed by atoms with Gasteiger partial charge in [0.1, 0.15) is 17.3 Å². The van der Waals surface area contributed by atoms with Crippen molar-refractivity contribution < 1.29 is 9.30 Å². The van der Waals surface area contributed by atoms with Gasteiger partial charge in [-0.2, -0.15) is 0 Å². The minimum absolute atomic E-state index is 0.799. The maximum absolute atomic E-state index is 6.43. The van der Waals surface area contributed by atoms with Gasteiger partial charge < -0.3 is 13.9 Å². The van der Waals surface area contributed by atoms with Gasteiger partial charge in [-0.25, -0.2) is 4.98 Å². The molecule has 0 amide bonds. The number of aromatic nitrogens is 4. The number of fused-ring (bicyclic) bond motifs is 6. The molecule has 0 aliphatic carbocycles. The zero-order valence-corrected chi connectivity index (χ0v) is 19.5. The summed E-state index contributed by atoms with van der Waals surface area (Å²) < 4.78 is 12.8. The van der Waals surface area contributed by atoms with E-state index in [2.05, 4.69) is 87.3 Å². The Hall–Kier alpha value is -4.38. The third-order valence-corrected chi connectivity index (χ3v) is 6.82. The van der Waals surface area contributed by atoms with E-state index in [1.54, 1.807) is 0 Å². The molecule has 1 aliphatic heterocycles. The summed E-state index contributed by atoms with van der Waals surface area (Å²) in [7, 11) is 2.03. The molecule has 1 aliphatic rings. The molecule has 0 N–H and O–H groups in total. The summed E-state index contributed by atoms with van der Waals surface area (Å²) in [5, 5.41) is 2.38. The summed E-state index contributed by atoms with van der Waals surface area (Å²) in [4.78, 5) is 4.63. The first-order valence-corrected chi connectivity index (χ1v) is 12.0. The fraction of sp³-hybridized carbons (Fsp3) is 0.133. The molecule has 170 valence electrons. The maximum Gasteiger partial charge on any atom is 0.243 e. The molecule has 0 saturated carbocycles. The number of hydrogen-bond donors (Lipinski definition) is 0. The summed E-state index contributed by atoms with van der Waals surface area (Å²) in [5.41, 5.74) is 5.97. The third kappa shape index (κ3) is 3.31. The highest BCUT2D eigenvalue weighted by atomic mass is 16.5. The molecule has 3 aromatic heterocycles. The largest absolute Gasteiger partial charge is 0.458 e. The van der Waals surface area contributed by atoms with Gasteiger partial charge in [-0.15, -0.1) is 0 Å². The number of nitrogens with zero attached hydrogens (tertiary/aromatic N) is 4. The van der Waals surface area contributed by atoms with Crippen molar-refractivity contribution >= 4 is 21.8 Å². The van der Waals surface area contributed by atoms with Gasteiger partial charge in [0.05, 0.1) is 23.8 Å². The molecule has 5 heteroatoms. The summed E-state index contributed by atoms with van der Waals surface area (Å²) in [6.45, 7) is 0. The van der Waals surface area contributed by atoms with Crippen LogP contribution in [0.2, 0.25) is 0 Å². The van der Waals surface area contributed by atoms with Crippen LogP contribution in [-0.2, 0) is 19.9 Å². The molecular formula is C30H24N4O. The second kappa shape index (κ2) is 7.84. The number of ether oxygens (including phenoxy) is 1. The van der Waals surface area contributed by atoms with Crippen LogP contribution in [0.1, 0.15) is 17.7 Å². The van der Waals surface area contributed by atoms with Crippen LogP contribution in [0.25, 0.3) is 33.3 Å². The van der Waals surface area contributed by atoms with Crippen LogP contribution in [0.15, 0.2) is 91.3 Å². The van der Waals surface area contributed by atoms with Gasteiger partial charge in [0.15, 0.2) is 0 Å². The summed E-state index contributed by atoms with van der Waals surface area (Å²) in [6.07, 6.45) is 10.7. The molecule has 0 unspecified atom stereocenters. The van der Waals surface area contributed by atoms with E-state index in [0.29, 0.717) is 0 Å². The fourth-order valence-corrected chi connectivity index (χ4v) is 5.29. The molecule has 0 fully saturated rings. The molecule has 5 nitrogen and oxygen atoms in total. The van der Waals surface area contributed by atoms with E-state index in [1.807, 2.05) is 36.0 Å². The quantitative estimate of drug-likeness (QED) is 0.246. The van der Waals surface area contributed by atoms with Gasteiger partial charge in [-0.3, -0.25) is 4.57 Å². The highest BCUT2D eigenvalue weighted by Gasteiger charge is 2.17. The second-order valence-electron chi connectivity index (χ2n) is 9.13. The zero-order chi connectivity index (χ0) is 23.4. The number of pyridine rings is 1. The number of hydrogen-bond acceptors (Lipinski definition) is 2. The Morgan fingerprint density at radius 3 is 2.60 bits per heavy atom. The van der Waals surface area contributed by atoms with Crippen molar-refractivity contribution in [2.45, 2.75) is 19.3 Å². The van der Waals surface area contributed by atoms with Crippen molar-refractivity contribution in [1.82, 2.24) is 14.1 Å². The van der Waals surface area contributed by atoms with Gasteiger partial charge in [0.2, 0.25) is 6.33 Å². The van der Waals surface area contributed by atoms with E-state index in [9.17, 15) is 0 Å². The van der Waals surface area contributed by atoms with Gasteiger partial charge in [0.25, 0.3) is 0 Å². The van der Waals surface area contributed by atoms with Crippen LogP contribution in [-0.4, -0.2) is 14.1 Å². The lowest BCUT2D eigenvalue weighted by molar-refractivity contribution is -0.607. The predicted octanol–water partition coefficient (Wildman–Crippen LogP) is 5.88. The molecule has 7 rings (SSSR count). The molecule has 0 bridgehead atoms. The molecule has 6 aromatic rings. The second-order valence-corrected chi connectivity index (χ2v) is 9.13. The van der Waals surface area contributed by atoms with E-state index in [1.165, 1.54) is 22.0 Å². The number of imidazole rings is 1. The summed E-state index contributed by atoms with van der Waals surface area (Å²) >= 11 is 0. The molecule has 0 saturated heterocycles. The highest BCUT2D eigenvalue weighted by Crippen LogP contribution is 2.35. The predicted molar refractivity (Wildman–Crippen MR) is 136 cm³/mol. The molecule has 35 heavy (non-hydrogen) atoms. The Balaban J connectivity index is 1.34. The van der Waals surface area contributed by atoms with E-state index < -0.39 is 0 Å². The standard InChI is InChI=1S/C30H24N4O/c1-32-19-22-8-6-7-21-12-13-23(17-28(21)33(22)20-32)35-24-14-15-26-25-9-2-3-10-27(25)34(29(26)18-24)30-11-4-5-16-31-30/h2-5,9-19H,6-8H2,1H3. The van der Waals surface area contributed by atoms with Crippen molar-refractivity contribution in [2.24, 2.45) is 7.05 Å². The van der Waals surface area contributed by atoms with Gasteiger partial charge in [-0.05, 0) is 60.9 Å². The monoisotopic (exact) mass is 456 g/mol. The first-order chi connectivity index (χ1) is 17.2. The Morgan fingerprint density at radius 2 is 1.69 bits per heavy atom. The molecule has 3 aromatic carbocycles. The number of aryl methyl sites for hydroxylation is 3. The van der Waals surface area contributed by atoms with Crippen LogP contribution in [0.5, 0.6) is 11.5 Å². The number of rotatable bonds is 3. The average Bonchev–Trinajstić information content (AvgIpc) is 3.37. The van der Waals surface area contributed by atoms with Crippen LogP contribution in [0.4, 0.5) is 0 Å². The molecular weight excluding hydrogens is 432 g/mol. The van der Waals surface area contributed by atoms with Crippen molar-refractivity contribution in [3.05, 3.63) is 109 Å². The van der Waals surface area contributed by atoms with E-state index in [0.717, 1.165) is 53.3 Å². The fourth-order valence-electron chi connectivity index (χ4n) is 5.29. The van der Waals surface area contributed by atoms with Crippen LogP contribution >= 0.6 is 0 Å². The lowest BCUT2D eigenvalue weighted by Gasteiger charge is -2.13. The van der Waals surface area contributed by atoms with Crippen molar-refractivity contribution in [3.63, 3.8) is 0 Å². The van der Waals surface area contributed by atoms with Crippen molar-refractivity contribution in [1.29, 1.82) is 0 Å². The topological polar surface area (TPSA) is 35.9 Å². The normalized spacial score (nSPS) is 12.9. The smallest absolute Gasteiger partial charge is 0.243 e. The van der Waals surface area contributed by atoms with E-state index in [4.69, 9.17) is 4.74 Å². The molecule has 0 atom stereocenters. The molecule has 4 heterocycles. The van der Waals surface area contributed by atoms with Crippen molar-refractivity contribution in [3.8, 4) is 23.0 Å². The van der Waals surface area contributed by atoms with E-state index in [-0.39, 0.29) is 0 Å². The molecule has 0 radical (unpaired) electrons. The summed E-state index contributed by atoms with van der Waals surface area (Å²) in [5.74, 6) is 2.51. The minimum atomic E-state index is 0.799. The Labute approximate surface area is 203 Å². The van der Waals surface area contributed by atoms with Crippen LogP contribution < -0.4 is 9.30 Å².